The highest BCUT2D eigenvalue weighted by molar-refractivity contribution is 6.04. The van der Waals surface area contributed by atoms with Gasteiger partial charge in [-0.05, 0) is 68.4 Å². The average molecular weight is 612 g/mol. The van der Waals surface area contributed by atoms with Gasteiger partial charge in [-0.25, -0.2) is 13.8 Å². The van der Waals surface area contributed by atoms with Gasteiger partial charge in [0.15, 0.2) is 5.82 Å². The first-order chi connectivity index (χ1) is 21.9. The zero-order valence-corrected chi connectivity index (χ0v) is 24.7. The van der Waals surface area contributed by atoms with Crippen LogP contribution in [0.15, 0.2) is 42.7 Å². The van der Waals surface area contributed by atoms with Gasteiger partial charge in [-0.1, -0.05) is 12.0 Å². The number of fused-ring (bicyclic) bond motifs is 3. The lowest BCUT2D eigenvalue weighted by Crippen LogP contribution is -2.43. The van der Waals surface area contributed by atoms with Crippen molar-refractivity contribution in [2.45, 2.75) is 37.8 Å². The fourth-order valence-electron chi connectivity index (χ4n) is 6.77. The molecule has 2 saturated heterocycles. The number of rotatable bonds is 9. The summed E-state index contributed by atoms with van der Waals surface area (Å²) in [6.07, 6.45) is 13.4. The van der Waals surface area contributed by atoms with Gasteiger partial charge in [0.05, 0.1) is 24.8 Å². The monoisotopic (exact) mass is 611 g/mol. The first kappa shape index (κ1) is 28.7. The first-order valence-corrected chi connectivity index (χ1v) is 14.9. The number of anilines is 1. The number of nitrogens with zero attached hydrogens (tertiary/aromatic N) is 6. The third kappa shape index (κ3) is 5.03. The molecule has 2 fully saturated rings. The van der Waals surface area contributed by atoms with Crippen molar-refractivity contribution >= 4 is 27.5 Å². The largest absolute Gasteiger partial charge is 0.508 e. The summed E-state index contributed by atoms with van der Waals surface area (Å²) in [5, 5.41) is 18.9. The van der Waals surface area contributed by atoms with E-state index in [-0.39, 0.29) is 62.1 Å². The van der Waals surface area contributed by atoms with Crippen molar-refractivity contribution in [1.29, 1.82) is 0 Å². The Morgan fingerprint density at radius 2 is 1.93 bits per heavy atom. The van der Waals surface area contributed by atoms with E-state index in [1.807, 2.05) is 12.3 Å². The molecule has 0 aliphatic carbocycles. The Hall–Kier alpha value is -5.02. The number of nitrogens with one attached hydrogen (secondary N) is 1. The molecule has 2 N–H and O–H groups in total. The number of phenols is 1. The van der Waals surface area contributed by atoms with E-state index in [1.165, 1.54) is 31.4 Å². The Morgan fingerprint density at radius 3 is 2.67 bits per heavy atom. The number of pyridine rings is 1. The fraction of sp³-hybridized carbons (Fsp3) is 0.333. The molecular weight excluding hydrogens is 580 g/mol. The lowest BCUT2D eigenvalue weighted by Gasteiger charge is -2.31. The molecule has 0 amide bonds. The second-order valence-corrected chi connectivity index (χ2v) is 11.4. The number of halogens is 2. The van der Waals surface area contributed by atoms with Crippen LogP contribution in [-0.2, 0) is 6.54 Å². The van der Waals surface area contributed by atoms with E-state index in [2.05, 4.69) is 36.2 Å². The number of ether oxygens (including phenoxy) is 2. The molecule has 0 bridgehead atoms. The van der Waals surface area contributed by atoms with Crippen LogP contribution < -0.4 is 14.8 Å². The number of hydrogen-bond donors (Lipinski definition) is 2. The van der Waals surface area contributed by atoms with Gasteiger partial charge in [0.1, 0.15) is 40.6 Å². The lowest BCUT2D eigenvalue weighted by atomic mass is 9.95. The fourth-order valence-corrected chi connectivity index (χ4v) is 6.77. The van der Waals surface area contributed by atoms with Crippen molar-refractivity contribution in [3.05, 3.63) is 59.9 Å². The quantitative estimate of drug-likeness (QED) is 0.219. The Labute approximate surface area is 258 Å². The smallest absolute Gasteiger partial charge is 0.319 e. The minimum absolute atomic E-state index is 0.00597. The second kappa shape index (κ2) is 11.5. The molecule has 5 aromatic rings. The van der Waals surface area contributed by atoms with Crippen LogP contribution in [0.25, 0.3) is 32.9 Å². The highest BCUT2D eigenvalue weighted by Crippen LogP contribution is 2.42. The van der Waals surface area contributed by atoms with Crippen molar-refractivity contribution in [1.82, 2.24) is 29.6 Å². The molecule has 7 rings (SSSR count). The van der Waals surface area contributed by atoms with Gasteiger partial charge in [-0.2, -0.15) is 15.1 Å². The normalized spacial score (nSPS) is 15.8. The van der Waals surface area contributed by atoms with Gasteiger partial charge < -0.3 is 19.9 Å². The van der Waals surface area contributed by atoms with Crippen LogP contribution in [0.5, 0.6) is 17.6 Å². The number of hydrogen-bond acceptors (Lipinski definition) is 9. The summed E-state index contributed by atoms with van der Waals surface area (Å²) in [5.74, 6) is 1.02. The van der Waals surface area contributed by atoms with Crippen LogP contribution in [0.4, 0.5) is 14.6 Å². The van der Waals surface area contributed by atoms with E-state index in [9.17, 15) is 9.50 Å². The molecule has 2 aliphatic rings. The van der Waals surface area contributed by atoms with Crippen LogP contribution in [-0.4, -0.2) is 73.6 Å². The molecule has 0 radical (unpaired) electrons. The van der Waals surface area contributed by atoms with Gasteiger partial charge in [-0.15, -0.1) is 6.42 Å². The number of aromatic hydroxyl groups is 1. The lowest BCUT2D eigenvalue weighted by molar-refractivity contribution is 0.108. The Morgan fingerprint density at radius 1 is 1.11 bits per heavy atom. The van der Waals surface area contributed by atoms with E-state index in [0.717, 1.165) is 38.8 Å². The Bertz CT molecular complexity index is 1950. The molecule has 45 heavy (non-hydrogen) atoms. The average Bonchev–Trinajstić information content (AvgIpc) is 3.79. The Kier molecular flexibility index (Phi) is 7.33. The van der Waals surface area contributed by atoms with Crippen LogP contribution >= 0.6 is 0 Å². The summed E-state index contributed by atoms with van der Waals surface area (Å²) >= 11 is 0. The van der Waals surface area contributed by atoms with Gasteiger partial charge in [0.2, 0.25) is 5.88 Å². The maximum atomic E-state index is 16.8. The molecule has 2 aliphatic heterocycles. The topological polar surface area (TPSA) is 110 Å². The molecular formula is C33H31F2N7O3. The highest BCUT2D eigenvalue weighted by atomic mass is 19.1. The molecule has 0 spiro atoms. The maximum Gasteiger partial charge on any atom is 0.319 e. The molecule has 3 aromatic heterocycles. The third-order valence-electron chi connectivity index (χ3n) is 8.85. The number of phenolic OH excluding ortho intramolecular Hbond substituents is 1. The van der Waals surface area contributed by atoms with Crippen LogP contribution in [0.3, 0.4) is 0 Å². The van der Waals surface area contributed by atoms with Gasteiger partial charge in [0.25, 0.3) is 0 Å². The van der Waals surface area contributed by atoms with E-state index >= 15 is 4.39 Å². The molecule has 0 unspecified atom stereocenters. The first-order valence-electron chi connectivity index (χ1n) is 14.9. The van der Waals surface area contributed by atoms with Crippen molar-refractivity contribution < 1.29 is 23.4 Å². The number of aromatic nitrogens is 5. The predicted octanol–water partition coefficient (Wildman–Crippen LogP) is 5.13. The number of benzene rings is 2. The van der Waals surface area contributed by atoms with E-state index in [0.29, 0.717) is 25.1 Å². The molecule has 5 heterocycles. The van der Waals surface area contributed by atoms with Gasteiger partial charge >= 0.3 is 6.01 Å². The minimum Gasteiger partial charge on any atom is -0.508 e. The zero-order valence-electron chi connectivity index (χ0n) is 24.7. The molecule has 0 saturated carbocycles. The van der Waals surface area contributed by atoms with Crippen LogP contribution in [0.2, 0.25) is 0 Å². The highest BCUT2D eigenvalue weighted by Gasteiger charge is 2.45. The number of methoxy groups -OCH3 is 1. The van der Waals surface area contributed by atoms with Gasteiger partial charge in [0, 0.05) is 29.9 Å². The molecule has 230 valence electrons. The zero-order chi connectivity index (χ0) is 31.1. The Balaban J connectivity index is 1.38. The SMILES string of the molecule is C#Cc1c(F)ccc2cc(O)cc(-c3nc(OC)c4c(NCCn5cccn5)nc(OCC56CCCN5CCC6)nc4c3F)c12. The van der Waals surface area contributed by atoms with Crippen molar-refractivity contribution in [3.8, 4) is 41.2 Å². The maximum absolute atomic E-state index is 16.8. The van der Waals surface area contributed by atoms with E-state index in [1.54, 1.807) is 10.9 Å². The number of terminal acetylenes is 1. The summed E-state index contributed by atoms with van der Waals surface area (Å²) in [4.78, 5) is 16.1. The second-order valence-electron chi connectivity index (χ2n) is 11.4. The van der Waals surface area contributed by atoms with Crippen LogP contribution in [0.1, 0.15) is 31.2 Å². The van der Waals surface area contributed by atoms with E-state index in [4.69, 9.17) is 15.9 Å². The third-order valence-corrected chi connectivity index (χ3v) is 8.85. The molecule has 2 aromatic carbocycles. The summed E-state index contributed by atoms with van der Waals surface area (Å²) < 4.78 is 45.3. The van der Waals surface area contributed by atoms with E-state index < -0.39 is 11.6 Å². The molecule has 12 heteroatoms. The summed E-state index contributed by atoms with van der Waals surface area (Å²) in [6.45, 7) is 3.35. The minimum atomic E-state index is -0.825. The predicted molar refractivity (Wildman–Crippen MR) is 165 cm³/mol. The standard InChI is InChI=1S/C33H31F2N7O3/c1-3-22-24(34)8-7-20-17-21(43)18-23(25(20)22)28-27(35)29-26(31(38-28)44-2)30(36-12-16-42-15-6-11-37-42)40-32(39-29)45-19-33-9-4-13-41(33)14-5-10-33/h1,6-8,11,15,17-18,43H,4-5,9-10,12-14,16,19H2,2H3,(H,36,39,40). The van der Waals surface area contributed by atoms with Crippen molar-refractivity contribution in [2.75, 3.05) is 38.7 Å². The summed E-state index contributed by atoms with van der Waals surface area (Å²) in [5.41, 5.74) is -0.387. The molecule has 10 nitrogen and oxygen atoms in total. The van der Waals surface area contributed by atoms with Gasteiger partial charge in [-0.3, -0.25) is 9.58 Å². The molecule has 0 atom stereocenters. The van der Waals surface area contributed by atoms with Crippen molar-refractivity contribution in [2.24, 2.45) is 0 Å². The van der Waals surface area contributed by atoms with Crippen molar-refractivity contribution in [3.63, 3.8) is 0 Å². The summed E-state index contributed by atoms with van der Waals surface area (Å²) in [6, 6.07) is 7.24. The van der Waals surface area contributed by atoms with Crippen LogP contribution in [0, 0.1) is 24.0 Å². The summed E-state index contributed by atoms with van der Waals surface area (Å²) in [7, 11) is 1.41.